The average Bonchev–Trinajstić information content (AvgIpc) is 2.24. The van der Waals surface area contributed by atoms with E-state index in [4.69, 9.17) is 11.6 Å². The zero-order chi connectivity index (χ0) is 10.9. The number of rotatable bonds is 3. The fraction of sp³-hybridized carbons (Fsp3) is 0.250. The summed E-state index contributed by atoms with van der Waals surface area (Å²) >= 11 is 4.99. The van der Waals surface area contributed by atoms with Crippen LogP contribution in [0.3, 0.4) is 0 Å². The molecule has 1 aromatic rings. The smallest absolute Gasteiger partial charge is 0.403 e. The normalized spacial score (nSPS) is 8.87. The molecule has 0 aliphatic carbocycles. The summed E-state index contributed by atoms with van der Waals surface area (Å²) in [6, 6.07) is 9.74. The zero-order valence-corrected chi connectivity index (χ0v) is 8.96. The maximum absolute atomic E-state index is 10.2. The number of hydrogen-bond donors (Lipinski definition) is 0. The maximum Gasteiger partial charge on any atom is 0.403 e. The molecule has 0 aliphatic rings. The fourth-order valence-electron chi connectivity index (χ4n) is 0.999. The predicted octanol–water partition coefficient (Wildman–Crippen LogP) is 3.19. The van der Waals surface area contributed by atoms with Gasteiger partial charge in [-0.25, -0.2) is 4.79 Å². The Bertz CT molecular complexity index is 362. The lowest BCUT2D eigenvalue weighted by molar-refractivity contribution is 0.172. The Hall–Kier alpha value is -1.46. The number of hydrogen-bond acceptors (Lipinski definition) is 2. The van der Waals surface area contributed by atoms with E-state index >= 15 is 0 Å². The van der Waals surface area contributed by atoms with Crippen LogP contribution in [0.2, 0.25) is 0 Å². The molecule has 1 rings (SSSR count). The van der Waals surface area contributed by atoms with Crippen molar-refractivity contribution < 1.29 is 9.53 Å². The van der Waals surface area contributed by atoms with Crippen LogP contribution in [0.15, 0.2) is 30.3 Å². The molecule has 3 heteroatoms. The quantitative estimate of drug-likeness (QED) is 0.446. The third-order valence-electron chi connectivity index (χ3n) is 1.67. The highest BCUT2D eigenvalue weighted by Gasteiger charge is 1.92. The van der Waals surface area contributed by atoms with Gasteiger partial charge < -0.3 is 4.74 Å². The highest BCUT2D eigenvalue weighted by Crippen LogP contribution is 1.96. The summed E-state index contributed by atoms with van der Waals surface area (Å²) in [5, 5.41) is 0. The standard InChI is InChI=1S/C12H11ClO2/c13-12(14)15-10-6-2-5-9-11-7-3-1-4-8-11/h1,3-4,7-8H,2,6,10H2. The first-order valence-electron chi connectivity index (χ1n) is 4.65. The molecule has 0 saturated heterocycles. The van der Waals surface area contributed by atoms with Gasteiger partial charge in [-0.05, 0) is 18.6 Å². The van der Waals surface area contributed by atoms with E-state index in [0.29, 0.717) is 19.4 Å². The first-order valence-corrected chi connectivity index (χ1v) is 5.03. The van der Waals surface area contributed by atoms with Crippen molar-refractivity contribution in [2.75, 3.05) is 6.61 Å². The van der Waals surface area contributed by atoms with Gasteiger partial charge in [-0.1, -0.05) is 30.0 Å². The van der Waals surface area contributed by atoms with E-state index in [2.05, 4.69) is 16.6 Å². The molecule has 0 aliphatic heterocycles. The van der Waals surface area contributed by atoms with Gasteiger partial charge in [-0.3, -0.25) is 0 Å². The van der Waals surface area contributed by atoms with Crippen LogP contribution in [-0.2, 0) is 4.74 Å². The number of benzene rings is 1. The maximum atomic E-state index is 10.2. The van der Waals surface area contributed by atoms with E-state index in [1.54, 1.807) is 0 Å². The Kier molecular flexibility index (Phi) is 5.35. The molecule has 0 heterocycles. The third kappa shape index (κ3) is 5.77. The number of carbonyl (C=O) groups is 1. The molecular weight excluding hydrogens is 212 g/mol. The Morgan fingerprint density at radius 3 is 2.73 bits per heavy atom. The summed E-state index contributed by atoms with van der Waals surface area (Å²) in [4.78, 5) is 10.2. The monoisotopic (exact) mass is 222 g/mol. The van der Waals surface area contributed by atoms with Gasteiger partial charge >= 0.3 is 5.43 Å². The van der Waals surface area contributed by atoms with Crippen LogP contribution in [0.25, 0.3) is 0 Å². The lowest BCUT2D eigenvalue weighted by Crippen LogP contribution is -1.95. The highest BCUT2D eigenvalue weighted by molar-refractivity contribution is 6.61. The van der Waals surface area contributed by atoms with Crippen LogP contribution < -0.4 is 0 Å². The van der Waals surface area contributed by atoms with Crippen molar-refractivity contribution in [2.24, 2.45) is 0 Å². The van der Waals surface area contributed by atoms with Gasteiger partial charge in [-0.15, -0.1) is 0 Å². The van der Waals surface area contributed by atoms with Gasteiger partial charge in [0.25, 0.3) is 0 Å². The molecule has 0 spiro atoms. The second kappa shape index (κ2) is 6.92. The van der Waals surface area contributed by atoms with E-state index in [1.807, 2.05) is 30.3 Å². The molecule has 0 N–H and O–H groups in total. The molecule has 78 valence electrons. The van der Waals surface area contributed by atoms with Crippen LogP contribution >= 0.6 is 11.6 Å². The number of halogens is 1. The summed E-state index contributed by atoms with van der Waals surface area (Å²) < 4.78 is 4.55. The lowest BCUT2D eigenvalue weighted by atomic mass is 10.2. The van der Waals surface area contributed by atoms with Gasteiger partial charge in [0.1, 0.15) is 0 Å². The average molecular weight is 223 g/mol. The number of unbranched alkanes of at least 4 members (excludes halogenated alkanes) is 1. The summed E-state index contributed by atoms with van der Waals surface area (Å²) in [5.74, 6) is 6.00. The van der Waals surface area contributed by atoms with Crippen LogP contribution in [0.1, 0.15) is 18.4 Å². The Balaban J connectivity index is 2.20. The van der Waals surface area contributed by atoms with Crippen molar-refractivity contribution in [3.05, 3.63) is 35.9 Å². The Morgan fingerprint density at radius 1 is 1.33 bits per heavy atom. The first-order chi connectivity index (χ1) is 7.29. The molecule has 0 radical (unpaired) electrons. The molecule has 0 saturated carbocycles. The second-order valence-electron chi connectivity index (χ2n) is 2.86. The van der Waals surface area contributed by atoms with Gasteiger partial charge in [0, 0.05) is 23.6 Å². The minimum absolute atomic E-state index is 0.325. The second-order valence-corrected chi connectivity index (χ2v) is 3.17. The summed E-state index contributed by atoms with van der Waals surface area (Å²) in [6.07, 6.45) is 1.40. The SMILES string of the molecule is O=C(Cl)OCCCC#Cc1ccccc1. The molecule has 2 nitrogen and oxygen atoms in total. The molecule has 0 aromatic heterocycles. The molecule has 0 amide bonds. The number of carbonyl (C=O) groups excluding carboxylic acids is 1. The van der Waals surface area contributed by atoms with E-state index < -0.39 is 5.43 Å². The van der Waals surface area contributed by atoms with Gasteiger partial charge in [0.2, 0.25) is 0 Å². The fourth-order valence-corrected chi connectivity index (χ4v) is 1.08. The van der Waals surface area contributed by atoms with Crippen LogP contribution in [0, 0.1) is 11.8 Å². The van der Waals surface area contributed by atoms with Crippen molar-refractivity contribution in [1.29, 1.82) is 0 Å². The number of ether oxygens (including phenoxy) is 1. The summed E-state index contributed by atoms with van der Waals surface area (Å²) in [7, 11) is 0. The Morgan fingerprint density at radius 2 is 2.07 bits per heavy atom. The van der Waals surface area contributed by atoms with E-state index in [1.165, 1.54) is 0 Å². The molecule has 0 bridgehead atoms. The summed E-state index contributed by atoms with van der Waals surface area (Å²) in [5.41, 5.74) is 0.234. The Labute approximate surface area is 94.2 Å². The highest BCUT2D eigenvalue weighted by atomic mass is 35.5. The first kappa shape index (κ1) is 11.6. The van der Waals surface area contributed by atoms with Crippen LogP contribution in [0.5, 0.6) is 0 Å². The molecule has 0 unspecified atom stereocenters. The van der Waals surface area contributed by atoms with Crippen molar-refractivity contribution in [3.63, 3.8) is 0 Å². The van der Waals surface area contributed by atoms with Crippen molar-refractivity contribution in [1.82, 2.24) is 0 Å². The van der Waals surface area contributed by atoms with E-state index in [9.17, 15) is 4.79 Å². The lowest BCUT2D eigenvalue weighted by Gasteiger charge is -1.95. The molecule has 0 fully saturated rings. The van der Waals surface area contributed by atoms with Gasteiger partial charge in [0.05, 0.1) is 6.61 Å². The van der Waals surface area contributed by atoms with Crippen LogP contribution in [-0.4, -0.2) is 12.0 Å². The molecule has 15 heavy (non-hydrogen) atoms. The summed E-state index contributed by atoms with van der Waals surface area (Å²) in [6.45, 7) is 0.325. The van der Waals surface area contributed by atoms with Crippen molar-refractivity contribution in [2.45, 2.75) is 12.8 Å². The topological polar surface area (TPSA) is 26.3 Å². The molecule has 1 aromatic carbocycles. The largest absolute Gasteiger partial charge is 0.454 e. The third-order valence-corrected chi connectivity index (χ3v) is 1.78. The molecule has 0 atom stereocenters. The minimum Gasteiger partial charge on any atom is -0.454 e. The predicted molar refractivity (Wildman–Crippen MR) is 59.8 cm³/mol. The molecular formula is C12H11ClO2. The van der Waals surface area contributed by atoms with Gasteiger partial charge in [-0.2, -0.15) is 0 Å². The van der Waals surface area contributed by atoms with E-state index in [-0.39, 0.29) is 0 Å². The minimum atomic E-state index is -0.758. The van der Waals surface area contributed by atoms with Gasteiger partial charge in [0.15, 0.2) is 0 Å². The van der Waals surface area contributed by atoms with Crippen molar-refractivity contribution in [3.8, 4) is 11.8 Å². The van der Waals surface area contributed by atoms with Crippen LogP contribution in [0.4, 0.5) is 4.79 Å². The zero-order valence-electron chi connectivity index (χ0n) is 8.20. The van der Waals surface area contributed by atoms with Crippen molar-refractivity contribution >= 4 is 17.0 Å². The van der Waals surface area contributed by atoms with E-state index in [0.717, 1.165) is 5.56 Å².